The second-order valence-corrected chi connectivity index (χ2v) is 7.33. The summed E-state index contributed by atoms with van der Waals surface area (Å²) in [5.74, 6) is -0.311. The van der Waals surface area contributed by atoms with Crippen LogP contribution in [0.2, 0.25) is 0 Å². The number of para-hydroxylation sites is 1. The SMILES string of the molecule is Cc1cc(C(=O)N2CCC3(CC2)CN(c2ccccc2)C(=O)CO3)nc(=O)[nH]1. The molecule has 146 valence electrons. The summed E-state index contributed by atoms with van der Waals surface area (Å²) in [5, 5.41) is 0. The lowest BCUT2D eigenvalue weighted by Gasteiger charge is -2.46. The number of aryl methyl sites for hydroxylation is 1. The number of amides is 2. The predicted molar refractivity (Wildman–Crippen MR) is 102 cm³/mol. The maximum absolute atomic E-state index is 12.7. The van der Waals surface area contributed by atoms with Crippen LogP contribution in [0.1, 0.15) is 29.0 Å². The van der Waals surface area contributed by atoms with Crippen LogP contribution in [0.3, 0.4) is 0 Å². The Kier molecular flexibility index (Phi) is 4.72. The van der Waals surface area contributed by atoms with Gasteiger partial charge in [-0.05, 0) is 38.0 Å². The monoisotopic (exact) mass is 382 g/mol. The van der Waals surface area contributed by atoms with E-state index in [4.69, 9.17) is 4.74 Å². The molecule has 1 aromatic carbocycles. The molecular formula is C20H22N4O4. The first-order chi connectivity index (χ1) is 13.5. The van der Waals surface area contributed by atoms with Gasteiger partial charge in [0.2, 0.25) is 0 Å². The molecule has 2 aliphatic heterocycles. The largest absolute Gasteiger partial charge is 0.363 e. The standard InChI is InChI=1S/C20H22N4O4/c1-14-11-16(22-19(27)21-14)18(26)23-9-7-20(8-10-23)13-24(17(25)12-28-20)15-5-3-2-4-6-15/h2-6,11H,7-10,12-13H2,1H3,(H,21,22,27). The van der Waals surface area contributed by atoms with Crippen molar-refractivity contribution in [3.05, 3.63) is 58.3 Å². The van der Waals surface area contributed by atoms with Crippen molar-refractivity contribution in [3.8, 4) is 0 Å². The van der Waals surface area contributed by atoms with Gasteiger partial charge < -0.3 is 19.5 Å². The van der Waals surface area contributed by atoms with E-state index in [2.05, 4.69) is 9.97 Å². The number of morpholine rings is 1. The maximum atomic E-state index is 12.7. The molecule has 2 saturated heterocycles. The smallest absolute Gasteiger partial charge is 0.345 e. The van der Waals surface area contributed by atoms with Crippen molar-refractivity contribution in [2.24, 2.45) is 0 Å². The Hall–Kier alpha value is -3.00. The average Bonchev–Trinajstić information content (AvgIpc) is 2.70. The van der Waals surface area contributed by atoms with Crippen LogP contribution >= 0.6 is 0 Å². The number of benzene rings is 1. The molecule has 28 heavy (non-hydrogen) atoms. The Morgan fingerprint density at radius 3 is 2.57 bits per heavy atom. The molecule has 0 aliphatic carbocycles. The molecule has 8 nitrogen and oxygen atoms in total. The van der Waals surface area contributed by atoms with E-state index in [0.717, 1.165) is 5.69 Å². The zero-order chi connectivity index (χ0) is 19.7. The minimum atomic E-state index is -0.524. The Morgan fingerprint density at radius 1 is 1.18 bits per heavy atom. The van der Waals surface area contributed by atoms with Crippen molar-refractivity contribution in [1.29, 1.82) is 0 Å². The molecule has 4 rings (SSSR count). The first-order valence-electron chi connectivity index (χ1n) is 9.32. The lowest BCUT2D eigenvalue weighted by atomic mass is 9.89. The van der Waals surface area contributed by atoms with Crippen LogP contribution in [-0.2, 0) is 9.53 Å². The van der Waals surface area contributed by atoms with Crippen LogP contribution in [0.5, 0.6) is 0 Å². The highest BCUT2D eigenvalue weighted by atomic mass is 16.5. The molecule has 1 spiro atoms. The number of H-pyrrole nitrogens is 1. The lowest BCUT2D eigenvalue weighted by Crippen LogP contribution is -2.59. The van der Waals surface area contributed by atoms with Crippen LogP contribution in [0.25, 0.3) is 0 Å². The third-order valence-corrected chi connectivity index (χ3v) is 5.38. The molecule has 0 unspecified atom stereocenters. The number of carbonyl (C=O) groups is 2. The minimum absolute atomic E-state index is 0.0393. The molecule has 0 saturated carbocycles. The summed E-state index contributed by atoms with van der Waals surface area (Å²) in [7, 11) is 0. The lowest BCUT2D eigenvalue weighted by molar-refractivity contribution is -0.143. The second-order valence-electron chi connectivity index (χ2n) is 7.33. The number of aromatic amines is 1. The van der Waals surface area contributed by atoms with E-state index in [0.29, 0.717) is 38.2 Å². The van der Waals surface area contributed by atoms with Gasteiger partial charge in [0.05, 0.1) is 12.1 Å². The summed E-state index contributed by atoms with van der Waals surface area (Å²) in [6, 6.07) is 11.1. The van der Waals surface area contributed by atoms with Gasteiger partial charge in [-0.1, -0.05) is 18.2 Å². The van der Waals surface area contributed by atoms with Crippen molar-refractivity contribution in [3.63, 3.8) is 0 Å². The van der Waals surface area contributed by atoms with E-state index < -0.39 is 11.3 Å². The van der Waals surface area contributed by atoms with Gasteiger partial charge in [-0.2, -0.15) is 4.98 Å². The second kappa shape index (κ2) is 7.20. The number of nitrogens with zero attached hydrogens (tertiary/aromatic N) is 3. The number of anilines is 1. The Morgan fingerprint density at radius 2 is 1.89 bits per heavy atom. The van der Waals surface area contributed by atoms with Gasteiger partial charge in [0, 0.05) is 24.5 Å². The zero-order valence-electron chi connectivity index (χ0n) is 15.7. The average molecular weight is 382 g/mol. The van der Waals surface area contributed by atoms with E-state index in [9.17, 15) is 14.4 Å². The van der Waals surface area contributed by atoms with Gasteiger partial charge in [0.15, 0.2) is 0 Å². The van der Waals surface area contributed by atoms with Gasteiger partial charge in [-0.15, -0.1) is 0 Å². The number of piperidine rings is 1. The van der Waals surface area contributed by atoms with E-state index in [1.54, 1.807) is 22.8 Å². The van der Waals surface area contributed by atoms with E-state index in [1.807, 2.05) is 30.3 Å². The van der Waals surface area contributed by atoms with Gasteiger partial charge >= 0.3 is 5.69 Å². The number of hydrogen-bond acceptors (Lipinski definition) is 5. The fraction of sp³-hybridized carbons (Fsp3) is 0.400. The summed E-state index contributed by atoms with van der Waals surface area (Å²) in [5.41, 5.74) is 0.631. The van der Waals surface area contributed by atoms with Gasteiger partial charge in [0.1, 0.15) is 12.3 Å². The number of aromatic nitrogens is 2. The number of hydrogen-bond donors (Lipinski definition) is 1. The molecule has 2 aromatic rings. The first kappa shape index (κ1) is 18.4. The summed E-state index contributed by atoms with van der Waals surface area (Å²) in [4.78, 5) is 46.4. The minimum Gasteiger partial charge on any atom is -0.363 e. The van der Waals surface area contributed by atoms with Crippen LogP contribution < -0.4 is 10.6 Å². The number of ether oxygens (including phenoxy) is 1. The van der Waals surface area contributed by atoms with E-state index >= 15 is 0 Å². The molecule has 1 N–H and O–H groups in total. The van der Waals surface area contributed by atoms with Crippen molar-refractivity contribution in [1.82, 2.24) is 14.9 Å². The van der Waals surface area contributed by atoms with Gasteiger partial charge in [-0.25, -0.2) is 4.79 Å². The number of carbonyl (C=O) groups excluding carboxylic acids is 2. The first-order valence-corrected chi connectivity index (χ1v) is 9.32. The Balaban J connectivity index is 1.46. The summed E-state index contributed by atoms with van der Waals surface area (Å²) in [6.07, 6.45) is 1.25. The number of likely N-dealkylation sites (tertiary alicyclic amines) is 1. The quantitative estimate of drug-likeness (QED) is 0.840. The molecule has 8 heteroatoms. The highest BCUT2D eigenvalue weighted by Crippen LogP contribution is 2.33. The van der Waals surface area contributed by atoms with Crippen molar-refractivity contribution >= 4 is 17.5 Å². The Labute approximate surface area is 162 Å². The van der Waals surface area contributed by atoms with Gasteiger partial charge in [-0.3, -0.25) is 9.59 Å². The molecule has 1 aromatic heterocycles. The fourth-order valence-corrected chi connectivity index (χ4v) is 3.83. The fourth-order valence-electron chi connectivity index (χ4n) is 3.83. The van der Waals surface area contributed by atoms with Crippen LogP contribution in [0, 0.1) is 6.92 Å². The van der Waals surface area contributed by atoms with Crippen molar-refractivity contribution in [2.45, 2.75) is 25.4 Å². The van der Waals surface area contributed by atoms with Crippen LogP contribution in [-0.4, -0.2) is 58.5 Å². The van der Waals surface area contributed by atoms with Crippen molar-refractivity contribution < 1.29 is 14.3 Å². The normalized spacial score (nSPS) is 19.1. The maximum Gasteiger partial charge on any atom is 0.345 e. The zero-order valence-corrected chi connectivity index (χ0v) is 15.7. The van der Waals surface area contributed by atoms with Crippen LogP contribution in [0.15, 0.2) is 41.2 Å². The highest BCUT2D eigenvalue weighted by molar-refractivity contribution is 5.95. The summed E-state index contributed by atoms with van der Waals surface area (Å²) < 4.78 is 5.94. The number of nitrogens with one attached hydrogen (secondary N) is 1. The van der Waals surface area contributed by atoms with Gasteiger partial charge in [0.25, 0.3) is 11.8 Å². The molecule has 3 heterocycles. The molecule has 2 aliphatic rings. The molecule has 2 amide bonds. The topological polar surface area (TPSA) is 95.6 Å². The highest BCUT2D eigenvalue weighted by Gasteiger charge is 2.43. The third kappa shape index (κ3) is 3.55. The summed E-state index contributed by atoms with van der Waals surface area (Å²) >= 11 is 0. The van der Waals surface area contributed by atoms with Crippen molar-refractivity contribution in [2.75, 3.05) is 31.1 Å². The van der Waals surface area contributed by atoms with E-state index in [-0.39, 0.29) is 24.1 Å². The molecule has 0 radical (unpaired) electrons. The predicted octanol–water partition coefficient (Wildman–Crippen LogP) is 1.12. The number of rotatable bonds is 2. The van der Waals surface area contributed by atoms with E-state index in [1.165, 1.54) is 0 Å². The molecular weight excluding hydrogens is 360 g/mol. The Bertz CT molecular complexity index is 948. The third-order valence-electron chi connectivity index (χ3n) is 5.38. The molecule has 0 bridgehead atoms. The van der Waals surface area contributed by atoms with Crippen LogP contribution in [0.4, 0.5) is 5.69 Å². The summed E-state index contributed by atoms with van der Waals surface area (Å²) in [6.45, 7) is 3.21. The molecule has 2 fully saturated rings. The molecule has 0 atom stereocenters.